The molecule has 0 aromatic rings. The van der Waals surface area contributed by atoms with Crippen molar-refractivity contribution in [3.63, 3.8) is 0 Å². The Morgan fingerprint density at radius 1 is 1.43 bits per heavy atom. The zero-order chi connectivity index (χ0) is 15.9. The first-order valence-corrected chi connectivity index (χ1v) is 8.12. The molecule has 1 saturated carbocycles. The fraction of sp³-hybridized carbons (Fsp3) is 0.938. The molecule has 0 aromatic carbocycles. The maximum absolute atomic E-state index is 11.8. The van der Waals surface area contributed by atoms with Gasteiger partial charge in [0.15, 0.2) is 0 Å². The number of hydrogen-bond acceptors (Lipinski definition) is 4. The molecule has 0 spiro atoms. The van der Waals surface area contributed by atoms with Crippen molar-refractivity contribution in [2.24, 2.45) is 5.92 Å². The first kappa shape index (κ1) is 18.4. The van der Waals surface area contributed by atoms with Crippen molar-refractivity contribution in [3.05, 3.63) is 0 Å². The van der Waals surface area contributed by atoms with E-state index in [0.717, 1.165) is 19.3 Å². The van der Waals surface area contributed by atoms with E-state index in [2.05, 4.69) is 5.32 Å². The van der Waals surface area contributed by atoms with E-state index in [-0.39, 0.29) is 18.1 Å². The molecule has 0 heterocycles. The van der Waals surface area contributed by atoms with Crippen LogP contribution in [0.5, 0.6) is 0 Å². The van der Waals surface area contributed by atoms with Gasteiger partial charge in [0.25, 0.3) is 0 Å². The first-order chi connectivity index (χ1) is 9.92. The highest BCUT2D eigenvalue weighted by molar-refractivity contribution is 5.79. The van der Waals surface area contributed by atoms with Gasteiger partial charge in [-0.2, -0.15) is 0 Å². The molecular weight excluding hydrogens is 270 g/mol. The van der Waals surface area contributed by atoms with Gasteiger partial charge in [0.1, 0.15) is 5.54 Å². The number of carboxylic acids is 1. The van der Waals surface area contributed by atoms with Crippen molar-refractivity contribution in [2.75, 3.05) is 19.8 Å². The third-order valence-electron chi connectivity index (χ3n) is 4.17. The van der Waals surface area contributed by atoms with E-state index < -0.39 is 11.5 Å². The summed E-state index contributed by atoms with van der Waals surface area (Å²) >= 11 is 0. The first-order valence-electron chi connectivity index (χ1n) is 8.12. The van der Waals surface area contributed by atoms with E-state index in [4.69, 9.17) is 9.47 Å². The van der Waals surface area contributed by atoms with Crippen LogP contribution in [0.3, 0.4) is 0 Å². The number of nitrogens with one attached hydrogen (secondary N) is 1. The summed E-state index contributed by atoms with van der Waals surface area (Å²) in [5.41, 5.74) is -0.777. The summed E-state index contributed by atoms with van der Waals surface area (Å²) in [4.78, 5) is 11.8. The molecule has 2 N–H and O–H groups in total. The summed E-state index contributed by atoms with van der Waals surface area (Å²) in [6, 6.07) is 0.166. The molecule has 0 aliphatic heterocycles. The Morgan fingerprint density at radius 3 is 2.71 bits per heavy atom. The highest BCUT2D eigenvalue weighted by Crippen LogP contribution is 2.38. The standard InChI is InChI=1S/C16H31NO4/c1-5-20-11-13(4)21-10-8-14-7-6-9-16(14,15(18)19)17-12(2)3/h12-14,17H,5-11H2,1-4H3,(H,18,19). The van der Waals surface area contributed by atoms with Crippen molar-refractivity contribution >= 4 is 5.97 Å². The number of carboxylic acid groups (broad SMARTS) is 1. The Morgan fingerprint density at radius 2 is 2.14 bits per heavy atom. The normalized spacial score (nSPS) is 27.2. The largest absolute Gasteiger partial charge is 0.480 e. The van der Waals surface area contributed by atoms with Crippen molar-refractivity contribution in [2.45, 2.75) is 71.1 Å². The highest BCUT2D eigenvalue weighted by Gasteiger charge is 2.48. The molecule has 0 saturated heterocycles. The minimum Gasteiger partial charge on any atom is -0.480 e. The number of rotatable bonds is 10. The lowest BCUT2D eigenvalue weighted by Crippen LogP contribution is -2.57. The topological polar surface area (TPSA) is 67.8 Å². The second kappa shape index (κ2) is 8.71. The van der Waals surface area contributed by atoms with Crippen molar-refractivity contribution in [3.8, 4) is 0 Å². The molecule has 1 rings (SSSR count). The van der Waals surface area contributed by atoms with Crippen LogP contribution in [0, 0.1) is 5.92 Å². The second-order valence-corrected chi connectivity index (χ2v) is 6.29. The van der Waals surface area contributed by atoms with E-state index in [0.29, 0.717) is 26.2 Å². The predicted octanol–water partition coefficient (Wildman–Crippen LogP) is 2.44. The number of ether oxygens (including phenoxy) is 2. The van der Waals surface area contributed by atoms with E-state index in [1.807, 2.05) is 27.7 Å². The Bertz CT molecular complexity index is 321. The van der Waals surface area contributed by atoms with Crippen LogP contribution in [0.4, 0.5) is 0 Å². The molecule has 1 aliphatic rings. The Labute approximate surface area is 128 Å². The molecule has 5 nitrogen and oxygen atoms in total. The van der Waals surface area contributed by atoms with Gasteiger partial charge in [-0.15, -0.1) is 0 Å². The summed E-state index contributed by atoms with van der Waals surface area (Å²) in [6.45, 7) is 9.83. The van der Waals surface area contributed by atoms with Gasteiger partial charge in [-0.05, 0) is 52.9 Å². The molecule has 3 unspecified atom stereocenters. The third kappa shape index (κ3) is 5.24. The van der Waals surface area contributed by atoms with Crippen molar-refractivity contribution in [1.82, 2.24) is 5.32 Å². The van der Waals surface area contributed by atoms with Crippen LogP contribution in [-0.4, -0.2) is 48.6 Å². The predicted molar refractivity (Wildman–Crippen MR) is 82.5 cm³/mol. The lowest BCUT2D eigenvalue weighted by atomic mass is 9.84. The molecule has 1 fully saturated rings. The molecule has 3 atom stereocenters. The van der Waals surface area contributed by atoms with E-state index >= 15 is 0 Å². The van der Waals surface area contributed by atoms with Crippen LogP contribution in [0.2, 0.25) is 0 Å². The SMILES string of the molecule is CCOCC(C)OCCC1CCCC1(NC(C)C)C(=O)O. The highest BCUT2D eigenvalue weighted by atomic mass is 16.5. The third-order valence-corrected chi connectivity index (χ3v) is 4.17. The zero-order valence-corrected chi connectivity index (χ0v) is 13.9. The van der Waals surface area contributed by atoms with Gasteiger partial charge in [-0.3, -0.25) is 10.1 Å². The van der Waals surface area contributed by atoms with Gasteiger partial charge >= 0.3 is 5.97 Å². The van der Waals surface area contributed by atoms with Crippen LogP contribution in [0.15, 0.2) is 0 Å². The number of aliphatic carboxylic acids is 1. The average molecular weight is 301 g/mol. The van der Waals surface area contributed by atoms with Gasteiger partial charge < -0.3 is 14.6 Å². The molecule has 0 radical (unpaired) electrons. The average Bonchev–Trinajstić information content (AvgIpc) is 2.80. The van der Waals surface area contributed by atoms with Crippen molar-refractivity contribution < 1.29 is 19.4 Å². The molecule has 0 bridgehead atoms. The zero-order valence-electron chi connectivity index (χ0n) is 13.9. The molecule has 5 heteroatoms. The molecular formula is C16H31NO4. The van der Waals surface area contributed by atoms with E-state index in [1.165, 1.54) is 0 Å². The molecule has 1 aliphatic carbocycles. The minimum absolute atomic E-state index is 0.0589. The summed E-state index contributed by atoms with van der Waals surface area (Å²) in [7, 11) is 0. The van der Waals surface area contributed by atoms with Crippen LogP contribution in [-0.2, 0) is 14.3 Å². The number of carbonyl (C=O) groups is 1. The fourth-order valence-electron chi connectivity index (χ4n) is 3.26. The molecule has 0 amide bonds. The molecule has 0 aromatic heterocycles. The summed E-state index contributed by atoms with van der Waals surface area (Å²) < 4.78 is 11.1. The van der Waals surface area contributed by atoms with Crippen LogP contribution in [0.25, 0.3) is 0 Å². The van der Waals surface area contributed by atoms with E-state index in [9.17, 15) is 9.90 Å². The maximum atomic E-state index is 11.8. The lowest BCUT2D eigenvalue weighted by molar-refractivity contribution is -0.147. The Hall–Kier alpha value is -0.650. The van der Waals surface area contributed by atoms with Gasteiger partial charge in [-0.1, -0.05) is 6.42 Å². The van der Waals surface area contributed by atoms with Crippen molar-refractivity contribution in [1.29, 1.82) is 0 Å². The second-order valence-electron chi connectivity index (χ2n) is 6.29. The molecule has 21 heavy (non-hydrogen) atoms. The van der Waals surface area contributed by atoms with E-state index in [1.54, 1.807) is 0 Å². The van der Waals surface area contributed by atoms with Gasteiger partial charge in [0, 0.05) is 19.3 Å². The van der Waals surface area contributed by atoms with Gasteiger partial charge in [0.2, 0.25) is 0 Å². The van der Waals surface area contributed by atoms with Crippen LogP contribution < -0.4 is 5.32 Å². The van der Waals surface area contributed by atoms with Crippen LogP contribution in [0.1, 0.15) is 53.4 Å². The fourth-order valence-corrected chi connectivity index (χ4v) is 3.26. The van der Waals surface area contributed by atoms with Crippen LogP contribution >= 0.6 is 0 Å². The number of hydrogen-bond donors (Lipinski definition) is 2. The summed E-state index contributed by atoms with van der Waals surface area (Å²) in [5.74, 6) is -0.585. The quantitative estimate of drug-likeness (QED) is 0.648. The van der Waals surface area contributed by atoms with Gasteiger partial charge in [0.05, 0.1) is 12.7 Å². The maximum Gasteiger partial charge on any atom is 0.324 e. The molecule has 124 valence electrons. The van der Waals surface area contributed by atoms with Gasteiger partial charge in [-0.25, -0.2) is 0 Å². The smallest absolute Gasteiger partial charge is 0.324 e. The Kier molecular flexibility index (Phi) is 7.63. The summed E-state index contributed by atoms with van der Waals surface area (Å²) in [5, 5.41) is 13.0. The summed E-state index contributed by atoms with van der Waals surface area (Å²) in [6.07, 6.45) is 3.46. The lowest BCUT2D eigenvalue weighted by Gasteiger charge is -2.34. The monoisotopic (exact) mass is 301 g/mol. The minimum atomic E-state index is -0.777. The Balaban J connectivity index is 2.50.